The molecular formula is C22H24N4. The van der Waals surface area contributed by atoms with Gasteiger partial charge in [0.2, 0.25) is 0 Å². The maximum Gasteiger partial charge on any atom is 0.160 e. The summed E-state index contributed by atoms with van der Waals surface area (Å²) in [6.45, 7) is 4.69. The zero-order valence-electron chi connectivity index (χ0n) is 15.1. The number of benzene rings is 2. The molecule has 2 aromatic heterocycles. The Balaban J connectivity index is 1.54. The van der Waals surface area contributed by atoms with Crippen molar-refractivity contribution in [2.45, 2.75) is 32.2 Å². The highest BCUT2D eigenvalue weighted by Gasteiger charge is 2.15. The molecule has 0 spiro atoms. The molecule has 132 valence electrons. The molecule has 4 nitrogen and oxygen atoms in total. The zero-order chi connectivity index (χ0) is 17.3. The minimum atomic E-state index is 0.969. The van der Waals surface area contributed by atoms with Crippen LogP contribution in [0, 0.1) is 0 Å². The van der Waals surface area contributed by atoms with Crippen molar-refractivity contribution in [1.29, 1.82) is 0 Å². The first-order valence-corrected chi connectivity index (χ1v) is 9.76. The van der Waals surface area contributed by atoms with E-state index in [1.807, 2.05) is 18.2 Å². The lowest BCUT2D eigenvalue weighted by Gasteiger charge is -2.26. The molecule has 0 saturated carbocycles. The highest BCUT2D eigenvalue weighted by atomic mass is 15.1. The fraction of sp³-hybridized carbons (Fsp3) is 0.364. The lowest BCUT2D eigenvalue weighted by atomic mass is 10.1. The molecule has 4 heteroatoms. The summed E-state index contributed by atoms with van der Waals surface area (Å²) >= 11 is 0. The van der Waals surface area contributed by atoms with E-state index < -0.39 is 0 Å². The number of aryl methyl sites for hydroxylation is 1. The normalized spacial score (nSPS) is 16.0. The molecule has 4 aromatic rings. The fourth-order valence-corrected chi connectivity index (χ4v) is 4.24. The number of likely N-dealkylation sites (tertiary alicyclic amines) is 1. The van der Waals surface area contributed by atoms with Crippen LogP contribution in [0.4, 0.5) is 0 Å². The Morgan fingerprint density at radius 1 is 0.769 bits per heavy atom. The second-order valence-corrected chi connectivity index (χ2v) is 7.31. The van der Waals surface area contributed by atoms with Crippen LogP contribution in [0.15, 0.2) is 48.5 Å². The molecule has 0 unspecified atom stereocenters. The van der Waals surface area contributed by atoms with E-state index >= 15 is 0 Å². The fourth-order valence-electron chi connectivity index (χ4n) is 4.24. The number of rotatable bonds is 4. The second-order valence-electron chi connectivity index (χ2n) is 7.31. The first-order chi connectivity index (χ1) is 12.9. The van der Waals surface area contributed by atoms with Crippen LogP contribution in [0.25, 0.3) is 33.1 Å². The van der Waals surface area contributed by atoms with Gasteiger partial charge in [0.1, 0.15) is 5.52 Å². The molecule has 26 heavy (non-hydrogen) atoms. The molecule has 0 radical (unpaired) electrons. The van der Waals surface area contributed by atoms with Crippen molar-refractivity contribution < 1.29 is 0 Å². The van der Waals surface area contributed by atoms with Gasteiger partial charge in [0.05, 0.1) is 16.6 Å². The Hall–Kier alpha value is -2.46. The van der Waals surface area contributed by atoms with Crippen molar-refractivity contribution in [3.63, 3.8) is 0 Å². The van der Waals surface area contributed by atoms with E-state index in [4.69, 9.17) is 9.97 Å². The third-order valence-electron chi connectivity index (χ3n) is 5.56. The third-order valence-corrected chi connectivity index (χ3v) is 5.56. The van der Waals surface area contributed by atoms with Gasteiger partial charge in [-0.3, -0.25) is 0 Å². The predicted octanol–water partition coefficient (Wildman–Crippen LogP) is 4.61. The summed E-state index contributed by atoms with van der Waals surface area (Å²) < 4.78 is 2.37. The largest absolute Gasteiger partial charge is 0.324 e. The first kappa shape index (κ1) is 15.8. The molecule has 5 rings (SSSR count). The predicted molar refractivity (Wildman–Crippen MR) is 107 cm³/mol. The van der Waals surface area contributed by atoms with Gasteiger partial charge in [-0.2, -0.15) is 0 Å². The smallest absolute Gasteiger partial charge is 0.160 e. The third kappa shape index (κ3) is 2.74. The molecular weight excluding hydrogens is 320 g/mol. The van der Waals surface area contributed by atoms with Crippen molar-refractivity contribution in [3.05, 3.63) is 48.5 Å². The van der Waals surface area contributed by atoms with Gasteiger partial charge < -0.3 is 9.47 Å². The molecule has 0 amide bonds. The minimum Gasteiger partial charge on any atom is -0.324 e. The summed E-state index contributed by atoms with van der Waals surface area (Å²) in [4.78, 5) is 12.5. The van der Waals surface area contributed by atoms with Gasteiger partial charge in [-0.25, -0.2) is 9.97 Å². The SMILES string of the molecule is c1ccc2nc3c(nc2c1)c1ccccc1n3CCCN1CCCCC1. The van der Waals surface area contributed by atoms with E-state index in [1.54, 1.807) is 0 Å². The van der Waals surface area contributed by atoms with Crippen molar-refractivity contribution in [2.75, 3.05) is 19.6 Å². The Morgan fingerprint density at radius 2 is 1.50 bits per heavy atom. The van der Waals surface area contributed by atoms with E-state index in [0.717, 1.165) is 35.2 Å². The molecule has 0 bridgehead atoms. The quantitative estimate of drug-likeness (QED) is 0.542. The minimum absolute atomic E-state index is 0.969. The maximum atomic E-state index is 4.97. The number of nitrogens with zero attached hydrogens (tertiary/aromatic N) is 4. The van der Waals surface area contributed by atoms with Crippen molar-refractivity contribution in [3.8, 4) is 0 Å². The molecule has 1 aliphatic rings. The van der Waals surface area contributed by atoms with Crippen LogP contribution < -0.4 is 0 Å². The standard InChI is InChI=1S/C22H24N4/c1-6-13-25(14-7-1)15-8-16-26-20-12-5-2-9-17(20)21-22(26)24-19-11-4-3-10-18(19)23-21/h2-5,9-12H,1,6-8,13-16H2. The molecule has 2 aromatic carbocycles. The summed E-state index contributed by atoms with van der Waals surface area (Å²) in [5.74, 6) is 0. The Morgan fingerprint density at radius 3 is 2.35 bits per heavy atom. The molecule has 1 aliphatic heterocycles. The van der Waals surface area contributed by atoms with Gasteiger partial charge in [0.25, 0.3) is 0 Å². The highest BCUT2D eigenvalue weighted by Crippen LogP contribution is 2.28. The van der Waals surface area contributed by atoms with E-state index in [-0.39, 0.29) is 0 Å². The Bertz CT molecular complexity index is 1060. The first-order valence-electron chi connectivity index (χ1n) is 9.76. The van der Waals surface area contributed by atoms with Crippen molar-refractivity contribution in [2.24, 2.45) is 0 Å². The lowest BCUT2D eigenvalue weighted by molar-refractivity contribution is 0.223. The highest BCUT2D eigenvalue weighted by molar-refractivity contribution is 6.06. The summed E-state index contributed by atoms with van der Waals surface area (Å²) in [6.07, 6.45) is 5.26. The van der Waals surface area contributed by atoms with Crippen LogP contribution in [0.5, 0.6) is 0 Å². The molecule has 3 heterocycles. The summed E-state index contributed by atoms with van der Waals surface area (Å²) in [5, 5.41) is 1.21. The van der Waals surface area contributed by atoms with E-state index in [2.05, 4.69) is 39.8 Å². The average molecular weight is 344 g/mol. The zero-order valence-corrected chi connectivity index (χ0v) is 15.1. The Labute approximate surface area is 153 Å². The lowest BCUT2D eigenvalue weighted by Crippen LogP contribution is -2.31. The summed E-state index contributed by atoms with van der Waals surface area (Å²) in [6, 6.07) is 16.7. The van der Waals surface area contributed by atoms with Gasteiger partial charge in [-0.1, -0.05) is 36.8 Å². The van der Waals surface area contributed by atoms with E-state index in [9.17, 15) is 0 Å². The summed E-state index contributed by atoms with van der Waals surface area (Å²) in [7, 11) is 0. The number of fused-ring (bicyclic) bond motifs is 4. The number of hydrogen-bond donors (Lipinski definition) is 0. The average Bonchev–Trinajstić information content (AvgIpc) is 3.00. The molecule has 0 aliphatic carbocycles. The van der Waals surface area contributed by atoms with Gasteiger partial charge in [0, 0.05) is 11.9 Å². The van der Waals surface area contributed by atoms with Crippen molar-refractivity contribution >= 4 is 33.1 Å². The van der Waals surface area contributed by atoms with Gasteiger partial charge in [0.15, 0.2) is 5.65 Å². The van der Waals surface area contributed by atoms with Gasteiger partial charge in [-0.05, 0) is 57.1 Å². The van der Waals surface area contributed by atoms with Crippen molar-refractivity contribution in [1.82, 2.24) is 19.4 Å². The van der Waals surface area contributed by atoms with E-state index in [0.29, 0.717) is 0 Å². The molecule has 0 atom stereocenters. The van der Waals surface area contributed by atoms with Crippen LogP contribution in [0.1, 0.15) is 25.7 Å². The van der Waals surface area contributed by atoms with Crippen LogP contribution in [0.3, 0.4) is 0 Å². The van der Waals surface area contributed by atoms with Crippen LogP contribution in [-0.2, 0) is 6.54 Å². The van der Waals surface area contributed by atoms with E-state index in [1.165, 1.54) is 49.8 Å². The number of para-hydroxylation sites is 3. The van der Waals surface area contributed by atoms with Gasteiger partial charge in [-0.15, -0.1) is 0 Å². The maximum absolute atomic E-state index is 4.97. The topological polar surface area (TPSA) is 34.0 Å². The Kier molecular flexibility index (Phi) is 4.06. The van der Waals surface area contributed by atoms with Crippen LogP contribution in [-0.4, -0.2) is 39.1 Å². The molecule has 0 N–H and O–H groups in total. The number of hydrogen-bond acceptors (Lipinski definition) is 3. The number of piperidine rings is 1. The molecule has 1 saturated heterocycles. The molecule has 1 fully saturated rings. The summed E-state index contributed by atoms with van der Waals surface area (Å²) in [5.41, 5.74) is 5.23. The number of aromatic nitrogens is 3. The monoisotopic (exact) mass is 344 g/mol. The second kappa shape index (κ2) is 6.69. The van der Waals surface area contributed by atoms with Gasteiger partial charge >= 0.3 is 0 Å². The van der Waals surface area contributed by atoms with Crippen LogP contribution >= 0.6 is 0 Å². The van der Waals surface area contributed by atoms with Crippen LogP contribution in [0.2, 0.25) is 0 Å².